The van der Waals surface area contributed by atoms with Crippen LogP contribution in [0.25, 0.3) is 6.08 Å². The van der Waals surface area contributed by atoms with Crippen LogP contribution >= 0.6 is 11.3 Å². The number of ether oxygens (including phenoxy) is 2. The van der Waals surface area contributed by atoms with Crippen LogP contribution in [0.15, 0.2) is 66.1 Å². The monoisotopic (exact) mass is 447 g/mol. The lowest BCUT2D eigenvalue weighted by Crippen LogP contribution is -2.49. The highest BCUT2D eigenvalue weighted by Crippen LogP contribution is 2.28. The van der Waals surface area contributed by atoms with Crippen LogP contribution in [0.3, 0.4) is 0 Å². The van der Waals surface area contributed by atoms with Crippen molar-refractivity contribution in [2.75, 3.05) is 7.11 Å². The molecule has 0 saturated carbocycles. The Hall–Kier alpha value is -3.38. The Labute approximate surface area is 191 Å². The summed E-state index contributed by atoms with van der Waals surface area (Å²) in [5, 5.41) is 1.93. The molecule has 5 nitrogen and oxygen atoms in total. The molecule has 0 radical (unpaired) electrons. The highest BCUT2D eigenvalue weighted by atomic mass is 32.1. The minimum absolute atomic E-state index is 0.166. The van der Waals surface area contributed by atoms with E-state index in [1.54, 1.807) is 4.90 Å². The van der Waals surface area contributed by atoms with Crippen molar-refractivity contribution in [3.63, 3.8) is 0 Å². The third-order valence-corrected chi connectivity index (χ3v) is 6.47. The normalized spacial score (nSPS) is 15.4. The highest BCUT2D eigenvalue weighted by molar-refractivity contribution is 7.12. The average molecular weight is 448 g/mol. The van der Waals surface area contributed by atoms with Crippen LogP contribution in [0.1, 0.15) is 38.8 Å². The second kappa shape index (κ2) is 9.83. The number of rotatable bonds is 6. The molecule has 3 aromatic rings. The zero-order valence-corrected chi connectivity index (χ0v) is 18.9. The fraction of sp³-hybridized carbons (Fsp3) is 0.231. The maximum Gasteiger partial charge on any atom is 0.328 e. The number of para-hydroxylation sites is 1. The van der Waals surface area contributed by atoms with Crippen molar-refractivity contribution in [2.45, 2.75) is 32.5 Å². The summed E-state index contributed by atoms with van der Waals surface area (Å²) in [6.45, 7) is 2.71. The van der Waals surface area contributed by atoms with Gasteiger partial charge in [0.15, 0.2) is 0 Å². The molecule has 32 heavy (non-hydrogen) atoms. The molecule has 0 N–H and O–H groups in total. The van der Waals surface area contributed by atoms with Crippen molar-refractivity contribution in [1.29, 1.82) is 0 Å². The van der Waals surface area contributed by atoms with Gasteiger partial charge in [0.05, 0.1) is 12.0 Å². The van der Waals surface area contributed by atoms with Gasteiger partial charge in [-0.05, 0) is 35.6 Å². The van der Waals surface area contributed by atoms with E-state index in [9.17, 15) is 9.59 Å². The Morgan fingerprint density at radius 3 is 2.66 bits per heavy atom. The molecule has 4 rings (SSSR count). The second-order valence-corrected chi connectivity index (χ2v) is 8.50. The molecule has 0 bridgehead atoms. The number of nitrogens with zero attached hydrogens (tertiary/aromatic N) is 1. The number of methoxy groups -OCH3 is 1. The Bertz CT molecular complexity index is 1150. The van der Waals surface area contributed by atoms with Crippen molar-refractivity contribution < 1.29 is 19.1 Å². The zero-order valence-electron chi connectivity index (χ0n) is 18.1. The van der Waals surface area contributed by atoms with Crippen molar-refractivity contribution in [2.24, 2.45) is 0 Å². The first kappa shape index (κ1) is 21.8. The predicted octanol–water partition coefficient (Wildman–Crippen LogP) is 5.10. The summed E-state index contributed by atoms with van der Waals surface area (Å²) in [6, 6.07) is 17.0. The summed E-state index contributed by atoms with van der Waals surface area (Å²) in [4.78, 5) is 28.0. The number of thiophene rings is 1. The van der Waals surface area contributed by atoms with E-state index in [1.807, 2.05) is 79.1 Å². The lowest BCUT2D eigenvalue weighted by Gasteiger charge is -2.34. The van der Waals surface area contributed by atoms with Gasteiger partial charge in [-0.2, -0.15) is 0 Å². The Balaban J connectivity index is 1.51. The molecule has 1 amide bonds. The van der Waals surface area contributed by atoms with Gasteiger partial charge in [-0.1, -0.05) is 54.6 Å². The van der Waals surface area contributed by atoms with Crippen molar-refractivity contribution >= 4 is 29.3 Å². The van der Waals surface area contributed by atoms with E-state index < -0.39 is 12.0 Å². The number of hydrogen-bond acceptors (Lipinski definition) is 5. The molecule has 1 aromatic heterocycles. The van der Waals surface area contributed by atoms with Crippen LogP contribution < -0.4 is 4.74 Å². The molecule has 0 aliphatic carbocycles. The lowest BCUT2D eigenvalue weighted by molar-refractivity contribution is -0.146. The molecule has 6 heteroatoms. The van der Waals surface area contributed by atoms with Crippen molar-refractivity contribution in [1.82, 2.24) is 4.90 Å². The molecule has 1 aliphatic rings. The summed E-state index contributed by atoms with van der Waals surface area (Å²) in [6.07, 6.45) is 4.43. The third-order valence-electron chi connectivity index (χ3n) is 5.51. The molecule has 0 spiro atoms. The Kier molecular flexibility index (Phi) is 6.71. The predicted molar refractivity (Wildman–Crippen MR) is 126 cm³/mol. The number of benzene rings is 2. The first-order valence-electron chi connectivity index (χ1n) is 10.5. The van der Waals surface area contributed by atoms with E-state index >= 15 is 0 Å². The number of fused-ring (bicyclic) bond motifs is 1. The summed E-state index contributed by atoms with van der Waals surface area (Å²) in [7, 11) is 1.36. The van der Waals surface area contributed by atoms with Crippen molar-refractivity contribution in [3.05, 3.63) is 93.2 Å². The molecule has 2 aromatic carbocycles. The molecular weight excluding hydrogens is 422 g/mol. The van der Waals surface area contributed by atoms with E-state index in [4.69, 9.17) is 9.47 Å². The molecule has 164 valence electrons. The Morgan fingerprint density at radius 2 is 1.88 bits per heavy atom. The molecule has 1 aliphatic heterocycles. The zero-order chi connectivity index (χ0) is 22.5. The number of allylic oxidation sites excluding steroid dienone is 1. The fourth-order valence-corrected chi connectivity index (χ4v) is 4.73. The van der Waals surface area contributed by atoms with Gasteiger partial charge < -0.3 is 14.4 Å². The van der Waals surface area contributed by atoms with Gasteiger partial charge in [-0.3, -0.25) is 4.79 Å². The second-order valence-electron chi connectivity index (χ2n) is 7.59. The molecular formula is C26H25NO4S. The largest absolute Gasteiger partial charge is 0.488 e. The van der Waals surface area contributed by atoms with Crippen LogP contribution in [0, 0.1) is 0 Å². The van der Waals surface area contributed by atoms with E-state index in [-0.39, 0.29) is 5.91 Å². The van der Waals surface area contributed by atoms with Gasteiger partial charge in [0, 0.05) is 24.1 Å². The van der Waals surface area contributed by atoms with Gasteiger partial charge in [0.1, 0.15) is 18.4 Å². The minimum atomic E-state index is -0.628. The van der Waals surface area contributed by atoms with Gasteiger partial charge in [-0.15, -0.1) is 11.3 Å². The third kappa shape index (κ3) is 4.60. The Morgan fingerprint density at radius 1 is 1.12 bits per heavy atom. The molecule has 0 saturated heterocycles. The summed E-state index contributed by atoms with van der Waals surface area (Å²) in [5.41, 5.74) is 4.06. The maximum atomic E-state index is 13.3. The first-order valence-corrected chi connectivity index (χ1v) is 11.4. The topological polar surface area (TPSA) is 55.8 Å². The number of hydrogen-bond donors (Lipinski definition) is 0. The van der Waals surface area contributed by atoms with Gasteiger partial charge in [0.25, 0.3) is 5.91 Å². The van der Waals surface area contributed by atoms with Crippen LogP contribution in [0.2, 0.25) is 0 Å². The maximum absolute atomic E-state index is 13.3. The number of amides is 1. The first-order chi connectivity index (χ1) is 15.6. The molecule has 1 atom stereocenters. The van der Waals surface area contributed by atoms with Crippen molar-refractivity contribution in [3.8, 4) is 5.75 Å². The molecule has 2 heterocycles. The number of carbonyl (C=O) groups is 2. The average Bonchev–Trinajstić information content (AvgIpc) is 3.31. The number of esters is 1. The van der Waals surface area contributed by atoms with E-state index in [0.717, 1.165) is 28.0 Å². The van der Waals surface area contributed by atoms with Crippen LogP contribution in [-0.4, -0.2) is 29.9 Å². The molecule has 0 fully saturated rings. The fourth-order valence-electron chi connectivity index (χ4n) is 3.88. The van der Waals surface area contributed by atoms with Crippen LogP contribution in [0.5, 0.6) is 5.75 Å². The van der Waals surface area contributed by atoms with E-state index in [1.165, 1.54) is 18.4 Å². The van der Waals surface area contributed by atoms with E-state index in [0.29, 0.717) is 24.4 Å². The SMILES string of the molecule is C/C=C/c1ccccc1OCc1csc(C(=O)N2Cc3ccccc3CC2C(=O)OC)c1. The summed E-state index contributed by atoms with van der Waals surface area (Å²) in [5.74, 6) is 0.233. The summed E-state index contributed by atoms with van der Waals surface area (Å²) < 4.78 is 11.0. The summed E-state index contributed by atoms with van der Waals surface area (Å²) >= 11 is 1.37. The standard InChI is InChI=1S/C26H25NO4S/c1-3-8-19-9-6-7-12-23(19)31-16-18-13-24(32-17-18)25(28)27-15-21-11-5-4-10-20(21)14-22(27)26(29)30-2/h3-13,17,22H,14-16H2,1-2H3/b8-3+. The lowest BCUT2D eigenvalue weighted by atomic mass is 9.93. The van der Waals surface area contributed by atoms with Crippen LogP contribution in [-0.2, 0) is 29.1 Å². The van der Waals surface area contributed by atoms with Gasteiger partial charge in [0.2, 0.25) is 0 Å². The van der Waals surface area contributed by atoms with Crippen LogP contribution in [0.4, 0.5) is 0 Å². The van der Waals surface area contributed by atoms with E-state index in [2.05, 4.69) is 0 Å². The van der Waals surface area contributed by atoms with Gasteiger partial charge >= 0.3 is 5.97 Å². The molecule has 1 unspecified atom stereocenters. The minimum Gasteiger partial charge on any atom is -0.488 e. The van der Waals surface area contributed by atoms with Gasteiger partial charge in [-0.25, -0.2) is 4.79 Å². The number of carbonyl (C=O) groups excluding carboxylic acids is 2. The smallest absolute Gasteiger partial charge is 0.328 e. The quantitative estimate of drug-likeness (QED) is 0.494. The highest BCUT2D eigenvalue weighted by Gasteiger charge is 2.36.